The first-order valence-corrected chi connectivity index (χ1v) is 2.73. The molecule has 6 N–H and O–H groups in total. The van der Waals surface area contributed by atoms with Crippen LogP contribution in [-0.4, -0.2) is 0 Å². The van der Waals surface area contributed by atoms with E-state index in [-0.39, 0.29) is 11.4 Å². The van der Waals surface area contributed by atoms with Gasteiger partial charge in [0.1, 0.15) is 0 Å². The van der Waals surface area contributed by atoms with Crippen molar-refractivity contribution in [3.63, 3.8) is 0 Å². The van der Waals surface area contributed by atoms with Gasteiger partial charge < -0.3 is 11.5 Å². The molecule has 2 radical (unpaired) electrons. The average Bonchev–Trinajstić information content (AvgIpc) is 1.84. The molecule has 4 heteroatoms. The lowest BCUT2D eigenvalue weighted by Gasteiger charge is -2.01. The second-order valence-corrected chi connectivity index (χ2v) is 2.03. The van der Waals surface area contributed by atoms with Crippen LogP contribution in [0.2, 0.25) is 0 Å². The maximum absolute atomic E-state index is 7.16. The van der Waals surface area contributed by atoms with Crippen LogP contribution in [0.15, 0.2) is 12.1 Å². The highest BCUT2D eigenvalue weighted by Crippen LogP contribution is 2.26. The van der Waals surface area contributed by atoms with Crippen LogP contribution in [0.3, 0.4) is 0 Å². The van der Waals surface area contributed by atoms with Gasteiger partial charge in [-0.3, -0.25) is 11.5 Å². The molecule has 0 aliphatic rings. The molecule has 10 heavy (non-hydrogen) atoms. The van der Waals surface area contributed by atoms with Crippen molar-refractivity contribution >= 4 is 22.7 Å². The van der Waals surface area contributed by atoms with Crippen molar-refractivity contribution in [3.8, 4) is 0 Å². The van der Waals surface area contributed by atoms with Gasteiger partial charge in [0.15, 0.2) is 0 Å². The summed E-state index contributed by atoms with van der Waals surface area (Å²) < 4.78 is 0. The van der Waals surface area contributed by atoms with Gasteiger partial charge in [-0.25, -0.2) is 0 Å². The summed E-state index contributed by atoms with van der Waals surface area (Å²) in [5.41, 5.74) is 25.9. The molecule has 0 spiro atoms. The molecule has 1 rings (SSSR count). The summed E-state index contributed by atoms with van der Waals surface area (Å²) in [6, 6.07) is 2.75. The Labute approximate surface area is 58.8 Å². The Kier molecular flexibility index (Phi) is 1.30. The van der Waals surface area contributed by atoms with Crippen molar-refractivity contribution in [2.75, 3.05) is 11.5 Å². The highest BCUT2D eigenvalue weighted by Gasteiger charge is 1.99. The maximum Gasteiger partial charge on any atom is 0.0792 e. The van der Waals surface area contributed by atoms with E-state index in [4.69, 9.17) is 22.9 Å². The summed E-state index contributed by atoms with van der Waals surface area (Å²) >= 11 is 0. The largest absolute Gasteiger partial charge is 0.397 e. The predicted molar refractivity (Wildman–Crippen MR) is 40.8 cm³/mol. The van der Waals surface area contributed by atoms with Gasteiger partial charge >= 0.3 is 0 Å². The number of rotatable bonds is 0. The number of hydrogen-bond acceptors (Lipinski definition) is 2. The summed E-state index contributed by atoms with van der Waals surface area (Å²) in [4.78, 5) is 0. The van der Waals surface area contributed by atoms with Gasteiger partial charge in [-0.05, 0) is 12.1 Å². The Morgan fingerprint density at radius 2 is 1.30 bits per heavy atom. The van der Waals surface area contributed by atoms with Crippen molar-refractivity contribution in [2.45, 2.75) is 0 Å². The lowest BCUT2D eigenvalue weighted by atomic mass is 10.2. The summed E-state index contributed by atoms with van der Waals surface area (Å²) in [6.45, 7) is 0. The van der Waals surface area contributed by atoms with Crippen LogP contribution in [0.5, 0.6) is 0 Å². The van der Waals surface area contributed by atoms with E-state index >= 15 is 0 Å². The molecule has 0 fully saturated rings. The third-order valence-electron chi connectivity index (χ3n) is 1.22. The molecule has 0 amide bonds. The van der Waals surface area contributed by atoms with Crippen LogP contribution >= 0.6 is 0 Å². The maximum atomic E-state index is 7.16. The van der Waals surface area contributed by atoms with Gasteiger partial charge in [0.2, 0.25) is 0 Å². The fourth-order valence-electron chi connectivity index (χ4n) is 0.634. The van der Waals surface area contributed by atoms with E-state index in [0.29, 0.717) is 11.4 Å². The molecular formula is C6H8N4. The van der Waals surface area contributed by atoms with Gasteiger partial charge in [-0.2, -0.15) is 0 Å². The van der Waals surface area contributed by atoms with Crippen LogP contribution in [0, 0.1) is 0 Å². The lowest BCUT2D eigenvalue weighted by molar-refractivity contribution is 1.43. The van der Waals surface area contributed by atoms with Gasteiger partial charge in [0.25, 0.3) is 0 Å². The predicted octanol–water partition coefficient (Wildman–Crippen LogP) is 0.680. The third-order valence-corrected chi connectivity index (χ3v) is 1.22. The topological polar surface area (TPSA) is 99.6 Å². The zero-order valence-electron chi connectivity index (χ0n) is 5.31. The summed E-state index contributed by atoms with van der Waals surface area (Å²) in [6.07, 6.45) is 0. The fraction of sp³-hybridized carbons (Fsp3) is 0. The number of hydrogen-bond donors (Lipinski definition) is 2. The van der Waals surface area contributed by atoms with Crippen LogP contribution < -0.4 is 22.9 Å². The fourth-order valence-corrected chi connectivity index (χ4v) is 0.634. The molecule has 1 aromatic rings. The smallest absolute Gasteiger partial charge is 0.0792 e. The van der Waals surface area contributed by atoms with Crippen LogP contribution in [0.25, 0.3) is 0 Å². The van der Waals surface area contributed by atoms with Crippen molar-refractivity contribution < 1.29 is 0 Å². The molecule has 0 heterocycles. The number of benzene rings is 1. The monoisotopic (exact) mass is 136 g/mol. The van der Waals surface area contributed by atoms with E-state index in [9.17, 15) is 0 Å². The quantitative estimate of drug-likeness (QED) is 0.512. The Morgan fingerprint density at radius 3 is 1.60 bits per heavy atom. The van der Waals surface area contributed by atoms with Crippen molar-refractivity contribution in [1.82, 2.24) is 11.5 Å². The Balaban J connectivity index is 3.28. The first-order valence-electron chi connectivity index (χ1n) is 2.73. The molecule has 0 aliphatic heterocycles. The van der Waals surface area contributed by atoms with Gasteiger partial charge in [-0.15, -0.1) is 0 Å². The normalized spacial score (nSPS) is 9.60. The molecular weight excluding hydrogens is 128 g/mol. The third kappa shape index (κ3) is 0.907. The van der Waals surface area contributed by atoms with Gasteiger partial charge in [0.05, 0.1) is 22.7 Å². The number of anilines is 2. The zero-order valence-corrected chi connectivity index (χ0v) is 5.31. The van der Waals surface area contributed by atoms with E-state index in [1.807, 2.05) is 0 Å². The number of nitrogen functional groups attached to an aromatic ring is 2. The van der Waals surface area contributed by atoms with Crippen molar-refractivity contribution in [2.24, 2.45) is 0 Å². The molecule has 1 aromatic carbocycles. The minimum absolute atomic E-state index is 0.152. The average molecular weight is 136 g/mol. The number of nitrogens with two attached hydrogens (primary N) is 2. The van der Waals surface area contributed by atoms with Crippen molar-refractivity contribution in [1.29, 1.82) is 0 Å². The Morgan fingerprint density at radius 1 is 0.900 bits per heavy atom. The second kappa shape index (κ2) is 1.98. The molecule has 0 saturated carbocycles. The van der Waals surface area contributed by atoms with E-state index < -0.39 is 0 Å². The highest BCUT2D eigenvalue weighted by molar-refractivity contribution is 5.75. The van der Waals surface area contributed by atoms with Crippen LogP contribution in [-0.2, 0) is 0 Å². The zero-order chi connectivity index (χ0) is 7.72. The lowest BCUT2D eigenvalue weighted by Crippen LogP contribution is -1.92. The van der Waals surface area contributed by atoms with E-state index in [1.54, 1.807) is 0 Å². The van der Waals surface area contributed by atoms with Gasteiger partial charge in [-0.1, -0.05) is 0 Å². The van der Waals surface area contributed by atoms with E-state index in [1.165, 1.54) is 12.1 Å². The van der Waals surface area contributed by atoms with Crippen molar-refractivity contribution in [3.05, 3.63) is 12.1 Å². The molecule has 0 saturated heterocycles. The molecule has 4 nitrogen and oxygen atoms in total. The minimum Gasteiger partial charge on any atom is -0.397 e. The van der Waals surface area contributed by atoms with E-state index in [2.05, 4.69) is 0 Å². The molecule has 0 aromatic heterocycles. The summed E-state index contributed by atoms with van der Waals surface area (Å²) in [7, 11) is 0. The molecule has 0 aliphatic carbocycles. The molecule has 0 unspecified atom stereocenters. The van der Waals surface area contributed by atoms with E-state index in [0.717, 1.165) is 0 Å². The number of nitrogens with one attached hydrogen (secondary N) is 2. The first-order chi connectivity index (χ1) is 4.61. The summed E-state index contributed by atoms with van der Waals surface area (Å²) in [5.74, 6) is 0. The first kappa shape index (κ1) is 6.54. The Bertz CT molecular complexity index is 206. The molecule has 0 bridgehead atoms. The SMILES string of the molecule is [NH]c1cc([NH])c(N)cc1N. The Hall–Kier alpha value is -1.58. The van der Waals surface area contributed by atoms with Gasteiger partial charge in [0, 0.05) is 0 Å². The molecule has 0 atom stereocenters. The van der Waals surface area contributed by atoms with Crippen LogP contribution in [0.4, 0.5) is 22.7 Å². The standard InChI is InChI=1S/C6H8N4/c7-3-1-4(8)6(10)2-5(3)9/h1-2,7-8H,9-10H2. The second-order valence-electron chi connectivity index (χ2n) is 2.03. The molecule has 52 valence electrons. The highest BCUT2D eigenvalue weighted by atomic mass is 14.7. The minimum atomic E-state index is 0.152. The van der Waals surface area contributed by atoms with Crippen LogP contribution in [0.1, 0.15) is 0 Å². The summed E-state index contributed by atoms with van der Waals surface area (Å²) in [5, 5.41) is 0.